The summed E-state index contributed by atoms with van der Waals surface area (Å²) in [6.45, 7) is 4.39. The Labute approximate surface area is 226 Å². The number of carbonyl (C=O) groups is 2. The molecule has 3 heterocycles. The van der Waals surface area contributed by atoms with Crippen LogP contribution in [0.3, 0.4) is 0 Å². The zero-order chi connectivity index (χ0) is 26.7. The second kappa shape index (κ2) is 13.3. The summed E-state index contributed by atoms with van der Waals surface area (Å²) in [7, 11) is 0. The predicted molar refractivity (Wildman–Crippen MR) is 146 cm³/mol. The van der Waals surface area contributed by atoms with E-state index in [1.807, 2.05) is 65.7 Å². The maximum atomic E-state index is 13.3. The second-order valence-corrected chi connectivity index (χ2v) is 9.79. The van der Waals surface area contributed by atoms with E-state index in [2.05, 4.69) is 27.5 Å². The average molecular weight is 527 g/mol. The number of carbonyl (C=O) groups excluding carboxylic acids is 2. The SMILES string of the molecule is CCCN(Cc1cccn1Cc1nc(C(=O)N(CCC#N)Cc2cccnc2)cs1)C(=O)c1ccccc1. The van der Waals surface area contributed by atoms with Crippen LogP contribution in [-0.2, 0) is 19.6 Å². The fourth-order valence-electron chi connectivity index (χ4n) is 4.17. The Hall–Kier alpha value is -4.29. The first kappa shape index (κ1) is 26.8. The molecule has 0 bridgehead atoms. The van der Waals surface area contributed by atoms with Gasteiger partial charge in [-0.1, -0.05) is 31.2 Å². The number of thiazole rings is 1. The van der Waals surface area contributed by atoms with E-state index in [9.17, 15) is 9.59 Å². The molecule has 9 heteroatoms. The Morgan fingerprint density at radius 3 is 2.55 bits per heavy atom. The van der Waals surface area contributed by atoms with Crippen LogP contribution >= 0.6 is 11.3 Å². The topological polar surface area (TPSA) is 95.1 Å². The minimum absolute atomic E-state index is 0.00779. The van der Waals surface area contributed by atoms with Gasteiger partial charge in [-0.05, 0) is 42.3 Å². The van der Waals surface area contributed by atoms with Crippen LogP contribution in [0.1, 0.15) is 56.9 Å². The normalized spacial score (nSPS) is 10.6. The largest absolute Gasteiger partial charge is 0.343 e. The summed E-state index contributed by atoms with van der Waals surface area (Å²) in [6, 6.07) is 19.2. The van der Waals surface area contributed by atoms with Crippen molar-refractivity contribution in [1.82, 2.24) is 24.3 Å². The second-order valence-electron chi connectivity index (χ2n) is 8.84. The van der Waals surface area contributed by atoms with Crippen molar-refractivity contribution in [2.75, 3.05) is 13.1 Å². The summed E-state index contributed by atoms with van der Waals surface area (Å²) in [5.41, 5.74) is 2.94. The highest BCUT2D eigenvalue weighted by Gasteiger charge is 2.20. The van der Waals surface area contributed by atoms with E-state index in [1.165, 1.54) is 11.3 Å². The number of amides is 2. The Morgan fingerprint density at radius 2 is 1.82 bits per heavy atom. The molecule has 0 fully saturated rings. The highest BCUT2D eigenvalue weighted by Crippen LogP contribution is 2.18. The summed E-state index contributed by atoms with van der Waals surface area (Å²) < 4.78 is 2.07. The van der Waals surface area contributed by atoms with Crippen molar-refractivity contribution in [2.45, 2.75) is 39.4 Å². The van der Waals surface area contributed by atoms with Crippen LogP contribution in [0.5, 0.6) is 0 Å². The minimum Gasteiger partial charge on any atom is -0.343 e. The molecule has 0 saturated carbocycles. The molecule has 1 aromatic carbocycles. The molecule has 0 radical (unpaired) electrons. The summed E-state index contributed by atoms with van der Waals surface area (Å²) in [6.07, 6.45) is 6.48. The predicted octanol–water partition coefficient (Wildman–Crippen LogP) is 5.00. The molecule has 4 aromatic rings. The summed E-state index contributed by atoms with van der Waals surface area (Å²) in [4.78, 5) is 38.6. The fourth-order valence-corrected chi connectivity index (χ4v) is 4.93. The molecule has 8 nitrogen and oxygen atoms in total. The lowest BCUT2D eigenvalue weighted by Crippen LogP contribution is -2.32. The van der Waals surface area contributed by atoms with E-state index in [0.717, 1.165) is 22.7 Å². The lowest BCUT2D eigenvalue weighted by atomic mass is 10.2. The van der Waals surface area contributed by atoms with Gasteiger partial charge in [-0.25, -0.2) is 4.98 Å². The van der Waals surface area contributed by atoms with Gasteiger partial charge in [0.2, 0.25) is 0 Å². The van der Waals surface area contributed by atoms with Gasteiger partial charge < -0.3 is 14.4 Å². The third-order valence-corrected chi connectivity index (χ3v) is 6.86. The fraction of sp³-hybridized carbons (Fsp3) is 0.276. The van der Waals surface area contributed by atoms with Gasteiger partial charge in [0.1, 0.15) is 10.7 Å². The molecule has 0 unspecified atom stereocenters. The minimum atomic E-state index is -0.207. The number of aromatic nitrogens is 3. The molecule has 38 heavy (non-hydrogen) atoms. The first-order valence-electron chi connectivity index (χ1n) is 12.6. The Balaban J connectivity index is 1.46. The number of hydrogen-bond donors (Lipinski definition) is 0. The number of rotatable bonds is 12. The van der Waals surface area contributed by atoms with Crippen molar-refractivity contribution in [3.63, 3.8) is 0 Å². The van der Waals surface area contributed by atoms with Gasteiger partial charge in [0, 0.05) is 54.9 Å². The number of benzene rings is 1. The standard InChI is InChI=1S/C29H30N6O2S/c1-2-15-34(28(36)24-10-4-3-5-11-24)20-25-12-7-16-33(25)21-27-32-26(22-38-27)29(37)35(17-8-13-30)19-23-9-6-14-31-18-23/h3-7,9-12,14,16,18,22H,2,8,15,17,19-21H2,1H3. The van der Waals surface area contributed by atoms with Gasteiger partial charge in [-0.15, -0.1) is 11.3 Å². The van der Waals surface area contributed by atoms with Gasteiger partial charge in [0.15, 0.2) is 0 Å². The quantitative estimate of drug-likeness (QED) is 0.259. The molecule has 0 aliphatic heterocycles. The van der Waals surface area contributed by atoms with Crippen LogP contribution in [0.15, 0.2) is 78.6 Å². The zero-order valence-electron chi connectivity index (χ0n) is 21.4. The van der Waals surface area contributed by atoms with Gasteiger partial charge in [0.05, 0.1) is 25.6 Å². The molecule has 4 rings (SSSR count). The molecule has 0 spiro atoms. The Morgan fingerprint density at radius 1 is 1.00 bits per heavy atom. The van der Waals surface area contributed by atoms with Gasteiger partial charge >= 0.3 is 0 Å². The number of pyridine rings is 1. The summed E-state index contributed by atoms with van der Waals surface area (Å²) >= 11 is 1.43. The third kappa shape index (κ3) is 6.93. The molecule has 194 valence electrons. The Bertz CT molecular complexity index is 1380. The van der Waals surface area contributed by atoms with Crippen LogP contribution in [0.4, 0.5) is 0 Å². The van der Waals surface area contributed by atoms with E-state index in [4.69, 9.17) is 5.26 Å². The van der Waals surface area contributed by atoms with Crippen molar-refractivity contribution >= 4 is 23.2 Å². The molecule has 2 amide bonds. The maximum Gasteiger partial charge on any atom is 0.273 e. The zero-order valence-corrected chi connectivity index (χ0v) is 22.2. The van der Waals surface area contributed by atoms with Gasteiger partial charge in [0.25, 0.3) is 11.8 Å². The number of nitriles is 1. The van der Waals surface area contributed by atoms with Crippen molar-refractivity contribution in [3.05, 3.63) is 106 Å². The van der Waals surface area contributed by atoms with Crippen molar-refractivity contribution in [1.29, 1.82) is 5.26 Å². The molecular formula is C29H30N6O2S. The van der Waals surface area contributed by atoms with Crippen molar-refractivity contribution < 1.29 is 9.59 Å². The highest BCUT2D eigenvalue weighted by molar-refractivity contribution is 7.09. The van der Waals surface area contributed by atoms with Crippen LogP contribution in [0.2, 0.25) is 0 Å². The molecule has 0 N–H and O–H groups in total. The van der Waals surface area contributed by atoms with E-state index < -0.39 is 0 Å². The van der Waals surface area contributed by atoms with E-state index in [1.54, 1.807) is 22.7 Å². The maximum absolute atomic E-state index is 13.3. The number of nitrogens with zero attached hydrogens (tertiary/aromatic N) is 6. The smallest absolute Gasteiger partial charge is 0.273 e. The third-order valence-electron chi connectivity index (χ3n) is 6.03. The van der Waals surface area contributed by atoms with Crippen LogP contribution in [0.25, 0.3) is 0 Å². The first-order valence-corrected chi connectivity index (χ1v) is 13.4. The molecule has 0 atom stereocenters. The lowest BCUT2D eigenvalue weighted by Gasteiger charge is -2.23. The van der Waals surface area contributed by atoms with Crippen molar-refractivity contribution in [3.8, 4) is 6.07 Å². The highest BCUT2D eigenvalue weighted by atomic mass is 32.1. The first-order chi connectivity index (χ1) is 18.6. The molecular weight excluding hydrogens is 496 g/mol. The number of hydrogen-bond acceptors (Lipinski definition) is 6. The molecule has 0 aliphatic rings. The van der Waals surface area contributed by atoms with E-state index >= 15 is 0 Å². The monoisotopic (exact) mass is 526 g/mol. The molecule has 3 aromatic heterocycles. The average Bonchev–Trinajstić information content (AvgIpc) is 3.61. The molecule has 0 saturated heterocycles. The van der Waals surface area contributed by atoms with Crippen LogP contribution in [0, 0.1) is 11.3 Å². The van der Waals surface area contributed by atoms with Gasteiger partial charge in [-0.3, -0.25) is 14.6 Å². The van der Waals surface area contributed by atoms with Gasteiger partial charge in [-0.2, -0.15) is 5.26 Å². The van der Waals surface area contributed by atoms with Crippen molar-refractivity contribution in [2.24, 2.45) is 0 Å². The summed E-state index contributed by atoms with van der Waals surface area (Å²) in [5, 5.41) is 11.6. The van der Waals surface area contributed by atoms with Crippen LogP contribution in [-0.4, -0.2) is 49.2 Å². The van der Waals surface area contributed by atoms with E-state index in [0.29, 0.717) is 44.0 Å². The van der Waals surface area contributed by atoms with Crippen LogP contribution < -0.4 is 0 Å². The van der Waals surface area contributed by atoms with E-state index in [-0.39, 0.29) is 18.2 Å². The molecule has 0 aliphatic carbocycles. The summed E-state index contributed by atoms with van der Waals surface area (Å²) in [5.74, 6) is -0.199. The Kier molecular flexibility index (Phi) is 9.37. The lowest BCUT2D eigenvalue weighted by molar-refractivity contribution is 0.0732.